The van der Waals surface area contributed by atoms with E-state index in [0.29, 0.717) is 12.6 Å². The van der Waals surface area contributed by atoms with Gasteiger partial charge in [0.2, 0.25) is 0 Å². The number of nitrogens with zero attached hydrogens (tertiary/aromatic N) is 2. The Balaban J connectivity index is 1.90. The van der Waals surface area contributed by atoms with Gasteiger partial charge in [-0.05, 0) is 32.2 Å². The molecule has 6 nitrogen and oxygen atoms in total. The molecule has 2 N–H and O–H groups in total. The van der Waals surface area contributed by atoms with E-state index in [-0.39, 0.29) is 18.6 Å². The van der Waals surface area contributed by atoms with Crippen LogP contribution in [-0.4, -0.2) is 65.2 Å². The van der Waals surface area contributed by atoms with Crippen LogP contribution in [0, 0.1) is 0 Å². The minimum absolute atomic E-state index is 0.177. The van der Waals surface area contributed by atoms with E-state index in [1.54, 1.807) is 0 Å². The molecule has 2 amide bonds. The maximum atomic E-state index is 12.2. The molecular formula is C14H25N3O3. The lowest BCUT2D eigenvalue weighted by molar-refractivity contribution is -0.137. The lowest BCUT2D eigenvalue weighted by Gasteiger charge is -2.33. The van der Waals surface area contributed by atoms with E-state index in [2.05, 4.69) is 10.2 Å². The van der Waals surface area contributed by atoms with Crippen molar-refractivity contribution in [1.82, 2.24) is 15.1 Å². The van der Waals surface area contributed by atoms with Crippen molar-refractivity contribution in [3.8, 4) is 0 Å². The van der Waals surface area contributed by atoms with Crippen LogP contribution >= 0.6 is 0 Å². The van der Waals surface area contributed by atoms with E-state index in [0.717, 1.165) is 32.4 Å². The van der Waals surface area contributed by atoms with Gasteiger partial charge in [-0.15, -0.1) is 0 Å². The van der Waals surface area contributed by atoms with Gasteiger partial charge < -0.3 is 15.3 Å². The van der Waals surface area contributed by atoms with E-state index in [1.807, 2.05) is 6.92 Å². The Labute approximate surface area is 120 Å². The van der Waals surface area contributed by atoms with Crippen molar-refractivity contribution >= 4 is 12.0 Å². The second-order valence-corrected chi connectivity index (χ2v) is 5.76. The van der Waals surface area contributed by atoms with Crippen molar-refractivity contribution in [3.63, 3.8) is 0 Å². The summed E-state index contributed by atoms with van der Waals surface area (Å²) in [6.45, 7) is 4.38. The van der Waals surface area contributed by atoms with Gasteiger partial charge in [-0.1, -0.05) is 13.3 Å². The quantitative estimate of drug-likeness (QED) is 0.793. The highest BCUT2D eigenvalue weighted by Gasteiger charge is 2.36. The Morgan fingerprint density at radius 2 is 2.10 bits per heavy atom. The third kappa shape index (κ3) is 3.62. The average Bonchev–Trinajstić information content (AvgIpc) is 2.81. The normalized spacial score (nSPS) is 26.1. The summed E-state index contributed by atoms with van der Waals surface area (Å²) in [7, 11) is 0. The fourth-order valence-corrected chi connectivity index (χ4v) is 3.35. The topological polar surface area (TPSA) is 72.9 Å². The van der Waals surface area contributed by atoms with Gasteiger partial charge in [0.15, 0.2) is 0 Å². The van der Waals surface area contributed by atoms with E-state index in [1.165, 1.54) is 17.7 Å². The summed E-state index contributed by atoms with van der Waals surface area (Å²) in [6.07, 6.45) is 5.35. The molecule has 0 aromatic rings. The first-order chi connectivity index (χ1) is 9.61. The van der Waals surface area contributed by atoms with Gasteiger partial charge in [-0.2, -0.15) is 0 Å². The summed E-state index contributed by atoms with van der Waals surface area (Å²) in [4.78, 5) is 26.9. The van der Waals surface area contributed by atoms with Gasteiger partial charge in [0.1, 0.15) is 6.54 Å². The van der Waals surface area contributed by atoms with Gasteiger partial charge in [0, 0.05) is 25.2 Å². The molecule has 0 aromatic carbocycles. The molecule has 2 fully saturated rings. The average molecular weight is 283 g/mol. The molecule has 0 aliphatic carbocycles. The van der Waals surface area contributed by atoms with Crippen molar-refractivity contribution in [1.29, 1.82) is 0 Å². The molecule has 6 heteroatoms. The van der Waals surface area contributed by atoms with Gasteiger partial charge >= 0.3 is 12.0 Å². The second kappa shape index (κ2) is 6.92. The van der Waals surface area contributed by atoms with Crippen LogP contribution in [0.5, 0.6) is 0 Å². The van der Waals surface area contributed by atoms with Crippen LogP contribution in [0.2, 0.25) is 0 Å². The van der Waals surface area contributed by atoms with Crippen LogP contribution in [-0.2, 0) is 4.79 Å². The highest BCUT2D eigenvalue weighted by Crippen LogP contribution is 2.27. The highest BCUT2D eigenvalue weighted by atomic mass is 16.4. The molecule has 2 rings (SSSR count). The first-order valence-corrected chi connectivity index (χ1v) is 7.63. The standard InChI is InChI=1S/C14H25N3O3/c1-2-7-17(10-13(18)19)14(20)15-11-6-9-16-8-4-3-5-12(11)16/h11-12H,2-10H2,1H3,(H,15,20)(H,18,19). The zero-order valence-corrected chi connectivity index (χ0v) is 12.2. The molecule has 2 unspecified atom stereocenters. The second-order valence-electron chi connectivity index (χ2n) is 5.76. The number of carbonyl (C=O) groups excluding carboxylic acids is 1. The molecule has 2 atom stereocenters. The van der Waals surface area contributed by atoms with Crippen LogP contribution in [0.4, 0.5) is 4.79 Å². The highest BCUT2D eigenvalue weighted by molar-refractivity contribution is 5.80. The number of piperidine rings is 1. The van der Waals surface area contributed by atoms with Crippen LogP contribution in [0.3, 0.4) is 0 Å². The van der Waals surface area contributed by atoms with Crippen LogP contribution in [0.15, 0.2) is 0 Å². The monoisotopic (exact) mass is 283 g/mol. The summed E-state index contributed by atoms with van der Waals surface area (Å²) in [5.74, 6) is -0.959. The number of amides is 2. The molecule has 2 aliphatic heterocycles. The summed E-state index contributed by atoms with van der Waals surface area (Å²) >= 11 is 0. The van der Waals surface area contributed by atoms with Crippen LogP contribution in [0.25, 0.3) is 0 Å². The lowest BCUT2D eigenvalue weighted by Crippen LogP contribution is -2.51. The first kappa shape index (κ1) is 15.1. The van der Waals surface area contributed by atoms with Gasteiger partial charge in [0.25, 0.3) is 0 Å². The van der Waals surface area contributed by atoms with Crippen molar-refractivity contribution in [2.24, 2.45) is 0 Å². The summed E-state index contributed by atoms with van der Waals surface area (Å²) in [6, 6.07) is 0.392. The van der Waals surface area contributed by atoms with E-state index in [9.17, 15) is 9.59 Å². The number of fused-ring (bicyclic) bond motifs is 1. The molecular weight excluding hydrogens is 258 g/mol. The summed E-state index contributed by atoms with van der Waals surface area (Å²) < 4.78 is 0. The zero-order chi connectivity index (χ0) is 14.5. The van der Waals surface area contributed by atoms with E-state index >= 15 is 0 Å². The minimum Gasteiger partial charge on any atom is -0.480 e. The van der Waals surface area contributed by atoms with Crippen LogP contribution < -0.4 is 5.32 Å². The Morgan fingerprint density at radius 1 is 1.30 bits per heavy atom. The molecule has 0 spiro atoms. The van der Waals surface area contributed by atoms with Crippen molar-refractivity contribution in [3.05, 3.63) is 0 Å². The number of urea groups is 1. The molecule has 0 saturated carbocycles. The third-order valence-electron chi connectivity index (χ3n) is 4.27. The molecule has 20 heavy (non-hydrogen) atoms. The van der Waals surface area contributed by atoms with Crippen molar-refractivity contribution in [2.45, 2.75) is 51.1 Å². The third-order valence-corrected chi connectivity index (χ3v) is 4.27. The van der Waals surface area contributed by atoms with Crippen molar-refractivity contribution < 1.29 is 14.7 Å². The molecule has 0 bridgehead atoms. The van der Waals surface area contributed by atoms with Gasteiger partial charge in [-0.25, -0.2) is 4.79 Å². The maximum absolute atomic E-state index is 12.2. The first-order valence-electron chi connectivity index (χ1n) is 7.63. The number of carboxylic acids is 1. The fourth-order valence-electron chi connectivity index (χ4n) is 3.35. The molecule has 0 aromatic heterocycles. The lowest BCUT2D eigenvalue weighted by atomic mass is 9.99. The zero-order valence-electron chi connectivity index (χ0n) is 12.2. The van der Waals surface area contributed by atoms with E-state index < -0.39 is 5.97 Å². The van der Waals surface area contributed by atoms with Crippen molar-refractivity contribution in [2.75, 3.05) is 26.2 Å². The van der Waals surface area contributed by atoms with Gasteiger partial charge in [0.05, 0.1) is 0 Å². The molecule has 0 radical (unpaired) electrons. The largest absolute Gasteiger partial charge is 0.480 e. The Bertz CT molecular complexity index is 362. The smallest absolute Gasteiger partial charge is 0.323 e. The summed E-state index contributed by atoms with van der Waals surface area (Å²) in [5.41, 5.74) is 0. The van der Waals surface area contributed by atoms with Crippen LogP contribution in [0.1, 0.15) is 39.0 Å². The number of carboxylic acid groups (broad SMARTS) is 1. The minimum atomic E-state index is -0.959. The number of nitrogens with one attached hydrogen (secondary N) is 1. The number of carbonyl (C=O) groups is 2. The van der Waals surface area contributed by atoms with E-state index in [4.69, 9.17) is 5.11 Å². The predicted molar refractivity (Wildman–Crippen MR) is 75.6 cm³/mol. The fraction of sp³-hybridized carbons (Fsp3) is 0.857. The molecule has 2 aliphatic rings. The number of hydrogen-bond donors (Lipinski definition) is 2. The summed E-state index contributed by atoms with van der Waals surface area (Å²) in [5, 5.41) is 11.9. The Kier molecular flexibility index (Phi) is 5.23. The molecule has 114 valence electrons. The predicted octanol–water partition coefficient (Wildman–Crippen LogP) is 1.12. The van der Waals surface area contributed by atoms with Gasteiger partial charge in [-0.3, -0.25) is 9.69 Å². The molecule has 2 heterocycles. The maximum Gasteiger partial charge on any atom is 0.323 e. The number of rotatable bonds is 5. The molecule has 2 saturated heterocycles. The Hall–Kier alpha value is -1.30. The number of aliphatic carboxylic acids is 1. The Morgan fingerprint density at radius 3 is 2.80 bits per heavy atom. The SMILES string of the molecule is CCCN(CC(=O)O)C(=O)NC1CCN2CCCCC12. The number of hydrogen-bond acceptors (Lipinski definition) is 3.